The molecule has 0 radical (unpaired) electrons. The van der Waals surface area contributed by atoms with Crippen molar-refractivity contribution in [1.29, 1.82) is 0 Å². The van der Waals surface area contributed by atoms with E-state index in [0.717, 1.165) is 28.9 Å². The van der Waals surface area contributed by atoms with Gasteiger partial charge in [0.1, 0.15) is 6.17 Å². The molecule has 0 fully saturated rings. The van der Waals surface area contributed by atoms with Crippen molar-refractivity contribution in [3.63, 3.8) is 0 Å². The summed E-state index contributed by atoms with van der Waals surface area (Å²) in [6, 6.07) is 17.8. The van der Waals surface area contributed by atoms with Gasteiger partial charge in [0.2, 0.25) is 0 Å². The molecule has 2 heterocycles. The molecule has 0 aliphatic carbocycles. The highest BCUT2D eigenvalue weighted by Gasteiger charge is 2.35. The molecule has 0 bridgehead atoms. The second-order valence-corrected chi connectivity index (χ2v) is 6.62. The maximum Gasteiger partial charge on any atom is 0.258 e. The normalized spacial score (nSPS) is 17.5. The molecule has 1 aromatic heterocycles. The van der Waals surface area contributed by atoms with E-state index in [0.29, 0.717) is 0 Å². The van der Waals surface area contributed by atoms with Gasteiger partial charge in [-0.3, -0.25) is 4.79 Å². The van der Waals surface area contributed by atoms with E-state index >= 15 is 0 Å². The van der Waals surface area contributed by atoms with Crippen molar-refractivity contribution in [3.8, 4) is 5.69 Å². The maximum absolute atomic E-state index is 13.1. The molecule has 132 valence electrons. The fourth-order valence-electron chi connectivity index (χ4n) is 3.36. The quantitative estimate of drug-likeness (QED) is 0.769. The van der Waals surface area contributed by atoms with E-state index in [2.05, 4.69) is 24.3 Å². The number of hydrogen-bond acceptors (Lipinski definition) is 3. The predicted molar refractivity (Wildman–Crippen MR) is 102 cm³/mol. The van der Waals surface area contributed by atoms with Gasteiger partial charge in [-0.25, -0.2) is 4.68 Å². The van der Waals surface area contributed by atoms with Crippen LogP contribution in [-0.4, -0.2) is 26.6 Å². The lowest BCUT2D eigenvalue weighted by molar-refractivity contribution is 0.0593. The van der Waals surface area contributed by atoms with E-state index < -0.39 is 0 Å². The number of amides is 1. The van der Waals surface area contributed by atoms with E-state index in [1.807, 2.05) is 76.6 Å². The first-order chi connectivity index (χ1) is 12.7. The van der Waals surface area contributed by atoms with Crippen LogP contribution in [0, 0.1) is 0 Å². The number of carbonyl (C=O) groups excluding carboxylic acids is 1. The van der Waals surface area contributed by atoms with Crippen LogP contribution in [0.5, 0.6) is 0 Å². The minimum Gasteiger partial charge on any atom is -0.361 e. The summed E-state index contributed by atoms with van der Waals surface area (Å²) >= 11 is 0. The molecule has 0 saturated heterocycles. The van der Waals surface area contributed by atoms with E-state index in [9.17, 15) is 4.79 Å². The predicted octanol–water partition coefficient (Wildman–Crippen LogP) is 4.24. The summed E-state index contributed by atoms with van der Waals surface area (Å²) in [6.45, 7) is 4.19. The van der Waals surface area contributed by atoms with Crippen molar-refractivity contribution in [3.05, 3.63) is 78.1 Å². The smallest absolute Gasteiger partial charge is 0.258 e. The number of anilines is 1. The molecule has 3 aromatic rings. The van der Waals surface area contributed by atoms with Crippen LogP contribution in [0.3, 0.4) is 0 Å². The van der Waals surface area contributed by atoms with Crippen LogP contribution in [0.4, 0.5) is 5.69 Å². The molecule has 26 heavy (non-hydrogen) atoms. The monoisotopic (exact) mass is 346 g/mol. The Bertz CT molecular complexity index is 919. The zero-order chi connectivity index (χ0) is 18.1. The van der Waals surface area contributed by atoms with Crippen LogP contribution in [-0.2, 0) is 0 Å². The van der Waals surface area contributed by atoms with Crippen LogP contribution in [0.1, 0.15) is 42.4 Å². The first-order valence-corrected chi connectivity index (χ1v) is 8.97. The standard InChI is InChI=1S/C21H22N4O/c1-3-15(2)25-20(23-19-12-8-7-11-18(19)21(25)26)16-13-22-24(14-16)17-9-5-4-6-10-17/h4-15,20,23H,3H2,1-2H3/t15-,20+/m1/s1. The number of aromatic nitrogens is 2. The first kappa shape index (κ1) is 16.4. The highest BCUT2D eigenvalue weighted by molar-refractivity contribution is 6.01. The van der Waals surface area contributed by atoms with Crippen LogP contribution in [0.15, 0.2) is 67.0 Å². The molecular formula is C21H22N4O. The Morgan fingerprint density at radius 2 is 1.85 bits per heavy atom. The Morgan fingerprint density at radius 1 is 1.12 bits per heavy atom. The van der Waals surface area contributed by atoms with Gasteiger partial charge in [-0.05, 0) is 37.6 Å². The molecule has 2 aromatic carbocycles. The summed E-state index contributed by atoms with van der Waals surface area (Å²) in [5.74, 6) is 0.0613. The number of para-hydroxylation sites is 2. The van der Waals surface area contributed by atoms with Crippen molar-refractivity contribution < 1.29 is 4.79 Å². The molecule has 4 rings (SSSR count). The average Bonchev–Trinajstić information content (AvgIpc) is 3.18. The second kappa shape index (κ2) is 6.67. The molecule has 0 unspecified atom stereocenters. The number of carbonyl (C=O) groups is 1. The Kier molecular flexibility index (Phi) is 4.21. The van der Waals surface area contributed by atoms with Gasteiger partial charge in [0, 0.05) is 23.5 Å². The third-order valence-electron chi connectivity index (χ3n) is 4.97. The van der Waals surface area contributed by atoms with Crippen molar-refractivity contribution in [2.45, 2.75) is 32.5 Å². The van der Waals surface area contributed by atoms with E-state index in [1.54, 1.807) is 0 Å². The lowest BCUT2D eigenvalue weighted by atomic mass is 10.0. The minimum atomic E-state index is -0.232. The average molecular weight is 346 g/mol. The van der Waals surface area contributed by atoms with Crippen LogP contribution >= 0.6 is 0 Å². The van der Waals surface area contributed by atoms with E-state index in [4.69, 9.17) is 0 Å². The Morgan fingerprint density at radius 3 is 2.62 bits per heavy atom. The topological polar surface area (TPSA) is 50.2 Å². The van der Waals surface area contributed by atoms with Crippen molar-refractivity contribution in [2.75, 3.05) is 5.32 Å². The summed E-state index contributed by atoms with van der Waals surface area (Å²) in [6.07, 6.45) is 4.48. The number of nitrogens with one attached hydrogen (secondary N) is 1. The first-order valence-electron chi connectivity index (χ1n) is 8.97. The molecule has 5 nitrogen and oxygen atoms in total. The highest BCUT2D eigenvalue weighted by Crippen LogP contribution is 2.35. The van der Waals surface area contributed by atoms with Crippen molar-refractivity contribution in [1.82, 2.24) is 14.7 Å². The van der Waals surface area contributed by atoms with Crippen LogP contribution in [0.2, 0.25) is 0 Å². The third kappa shape index (κ3) is 2.75. The molecule has 1 N–H and O–H groups in total. The van der Waals surface area contributed by atoms with Gasteiger partial charge < -0.3 is 10.2 Å². The fourth-order valence-corrected chi connectivity index (χ4v) is 3.36. The highest BCUT2D eigenvalue weighted by atomic mass is 16.2. The molecule has 1 aliphatic heterocycles. The van der Waals surface area contributed by atoms with Crippen molar-refractivity contribution >= 4 is 11.6 Å². The van der Waals surface area contributed by atoms with Gasteiger partial charge in [0.05, 0.1) is 17.4 Å². The summed E-state index contributed by atoms with van der Waals surface area (Å²) in [5.41, 5.74) is 3.56. The molecule has 0 spiro atoms. The fraction of sp³-hybridized carbons (Fsp3) is 0.238. The number of nitrogens with zero attached hydrogens (tertiary/aromatic N) is 3. The number of fused-ring (bicyclic) bond motifs is 1. The molecule has 1 amide bonds. The van der Waals surface area contributed by atoms with Gasteiger partial charge in [0.15, 0.2) is 0 Å². The SMILES string of the molecule is CC[C@@H](C)N1C(=O)c2ccccc2N[C@@H]1c1cnn(-c2ccccc2)c1. The summed E-state index contributed by atoms with van der Waals surface area (Å²) in [7, 11) is 0. The van der Waals surface area contributed by atoms with Gasteiger partial charge in [-0.2, -0.15) is 5.10 Å². The van der Waals surface area contributed by atoms with Gasteiger partial charge >= 0.3 is 0 Å². The van der Waals surface area contributed by atoms with Gasteiger partial charge in [-0.1, -0.05) is 37.3 Å². The Hall–Kier alpha value is -3.08. The minimum absolute atomic E-state index is 0.0613. The molecule has 0 saturated carbocycles. The maximum atomic E-state index is 13.1. The largest absolute Gasteiger partial charge is 0.361 e. The second-order valence-electron chi connectivity index (χ2n) is 6.62. The van der Waals surface area contributed by atoms with Crippen LogP contribution in [0.25, 0.3) is 5.69 Å². The third-order valence-corrected chi connectivity index (χ3v) is 4.97. The van der Waals surface area contributed by atoms with E-state index in [1.165, 1.54) is 0 Å². The van der Waals surface area contributed by atoms with Gasteiger partial charge in [0.25, 0.3) is 5.91 Å². The summed E-state index contributed by atoms with van der Waals surface area (Å²) in [4.78, 5) is 15.1. The zero-order valence-electron chi connectivity index (χ0n) is 15.0. The summed E-state index contributed by atoms with van der Waals surface area (Å²) in [5, 5.41) is 8.03. The van der Waals surface area contributed by atoms with Crippen molar-refractivity contribution in [2.24, 2.45) is 0 Å². The number of hydrogen-bond donors (Lipinski definition) is 1. The zero-order valence-corrected chi connectivity index (χ0v) is 15.0. The molecule has 1 aliphatic rings. The Labute approximate surface area is 153 Å². The van der Waals surface area contributed by atoms with Gasteiger partial charge in [-0.15, -0.1) is 0 Å². The summed E-state index contributed by atoms with van der Waals surface area (Å²) < 4.78 is 1.84. The number of benzene rings is 2. The molecular weight excluding hydrogens is 324 g/mol. The lowest BCUT2D eigenvalue weighted by Gasteiger charge is -2.41. The van der Waals surface area contributed by atoms with E-state index in [-0.39, 0.29) is 18.1 Å². The van der Waals surface area contributed by atoms with Crippen LogP contribution < -0.4 is 5.32 Å². The number of rotatable bonds is 4. The molecule has 2 atom stereocenters. The molecule has 5 heteroatoms. The Balaban J connectivity index is 1.74. The lowest BCUT2D eigenvalue weighted by Crippen LogP contribution is -2.47.